The van der Waals surface area contributed by atoms with Crippen molar-refractivity contribution in [3.63, 3.8) is 0 Å². The van der Waals surface area contributed by atoms with Gasteiger partial charge in [0.2, 0.25) is 5.91 Å². The Hall–Kier alpha value is -3.88. The van der Waals surface area contributed by atoms with Crippen molar-refractivity contribution in [2.75, 3.05) is 7.11 Å². The molecule has 1 unspecified atom stereocenters. The molecule has 2 aromatic carbocycles. The number of carbonyl (C=O) groups excluding carboxylic acids is 3. The van der Waals surface area contributed by atoms with Gasteiger partial charge in [0.05, 0.1) is 20.1 Å². The first-order chi connectivity index (χ1) is 15.3. The minimum Gasteiger partial charge on any atom is -0.489 e. The number of hydrogen-bond donors (Lipinski definition) is 2. The summed E-state index contributed by atoms with van der Waals surface area (Å²) in [6.45, 7) is 0.357. The van der Waals surface area contributed by atoms with E-state index < -0.39 is 23.9 Å². The number of benzene rings is 2. The van der Waals surface area contributed by atoms with Gasteiger partial charge in [-0.3, -0.25) is 19.2 Å². The third-order valence-corrected chi connectivity index (χ3v) is 5.28. The largest absolute Gasteiger partial charge is 0.489 e. The molecule has 1 aliphatic heterocycles. The normalized spacial score (nSPS) is 13.4. The fourth-order valence-corrected chi connectivity index (χ4v) is 3.61. The van der Waals surface area contributed by atoms with Crippen molar-refractivity contribution in [2.45, 2.75) is 38.5 Å². The molecule has 0 spiro atoms. The Morgan fingerprint density at radius 1 is 1.12 bits per heavy atom. The zero-order valence-corrected chi connectivity index (χ0v) is 17.6. The molecule has 0 saturated carbocycles. The van der Waals surface area contributed by atoms with Crippen molar-refractivity contribution in [1.82, 2.24) is 4.90 Å². The van der Waals surface area contributed by atoms with E-state index in [-0.39, 0.29) is 38.3 Å². The lowest BCUT2D eigenvalue weighted by atomic mass is 10.1. The number of carboxylic acids is 1. The van der Waals surface area contributed by atoms with Gasteiger partial charge in [-0.2, -0.15) is 0 Å². The van der Waals surface area contributed by atoms with Crippen LogP contribution in [0.1, 0.15) is 39.9 Å². The molecule has 0 saturated heterocycles. The van der Waals surface area contributed by atoms with Crippen LogP contribution in [0.2, 0.25) is 0 Å². The predicted octanol–water partition coefficient (Wildman–Crippen LogP) is 1.66. The SMILES string of the molecule is COC(=O)CCC(C(N)=O)N1Cc2c(OCc3ccc(CC(=O)O)cc3)cccc2C1=O. The number of carbonyl (C=O) groups is 4. The zero-order valence-electron chi connectivity index (χ0n) is 17.6. The van der Waals surface area contributed by atoms with Gasteiger partial charge in [0, 0.05) is 17.5 Å². The Labute approximate surface area is 184 Å². The van der Waals surface area contributed by atoms with Crippen LogP contribution in [0.15, 0.2) is 42.5 Å². The summed E-state index contributed by atoms with van der Waals surface area (Å²) in [5.74, 6) is -1.93. The third-order valence-electron chi connectivity index (χ3n) is 5.28. The van der Waals surface area contributed by atoms with Gasteiger partial charge in [-0.15, -0.1) is 0 Å². The van der Waals surface area contributed by atoms with Gasteiger partial charge in [0.1, 0.15) is 18.4 Å². The molecule has 3 rings (SSSR count). The number of fused-ring (bicyclic) bond motifs is 1. The molecule has 9 heteroatoms. The highest BCUT2D eigenvalue weighted by Crippen LogP contribution is 2.33. The molecule has 0 radical (unpaired) electrons. The highest BCUT2D eigenvalue weighted by Gasteiger charge is 2.37. The van der Waals surface area contributed by atoms with Gasteiger partial charge in [-0.25, -0.2) is 0 Å². The molecule has 2 aromatic rings. The minimum absolute atomic E-state index is 0.0362. The van der Waals surface area contributed by atoms with Gasteiger partial charge in [-0.1, -0.05) is 30.3 Å². The monoisotopic (exact) mass is 440 g/mol. The van der Waals surface area contributed by atoms with E-state index in [4.69, 9.17) is 15.6 Å². The second-order valence-electron chi connectivity index (χ2n) is 7.42. The van der Waals surface area contributed by atoms with Crippen LogP contribution < -0.4 is 10.5 Å². The maximum atomic E-state index is 12.9. The summed E-state index contributed by atoms with van der Waals surface area (Å²) in [6.07, 6.45) is -0.0195. The molecule has 2 amide bonds. The van der Waals surface area contributed by atoms with E-state index in [9.17, 15) is 19.2 Å². The first-order valence-electron chi connectivity index (χ1n) is 10.0. The maximum Gasteiger partial charge on any atom is 0.307 e. The molecule has 0 fully saturated rings. The van der Waals surface area contributed by atoms with Crippen molar-refractivity contribution in [2.24, 2.45) is 5.73 Å². The summed E-state index contributed by atoms with van der Waals surface area (Å²) in [5.41, 5.74) is 8.09. The van der Waals surface area contributed by atoms with Crippen molar-refractivity contribution in [1.29, 1.82) is 0 Å². The van der Waals surface area contributed by atoms with Crippen molar-refractivity contribution < 1.29 is 33.8 Å². The summed E-state index contributed by atoms with van der Waals surface area (Å²) in [5, 5.41) is 8.86. The summed E-state index contributed by atoms with van der Waals surface area (Å²) >= 11 is 0. The summed E-state index contributed by atoms with van der Waals surface area (Å²) < 4.78 is 10.5. The number of carboxylic acid groups (broad SMARTS) is 1. The Morgan fingerprint density at radius 3 is 2.44 bits per heavy atom. The number of ether oxygens (including phenoxy) is 2. The highest BCUT2D eigenvalue weighted by atomic mass is 16.5. The number of primary amides is 1. The van der Waals surface area contributed by atoms with E-state index >= 15 is 0 Å². The molecule has 1 atom stereocenters. The Balaban J connectivity index is 1.72. The number of esters is 1. The number of rotatable bonds is 10. The summed E-state index contributed by atoms with van der Waals surface area (Å²) in [7, 11) is 1.25. The third kappa shape index (κ3) is 5.23. The average molecular weight is 440 g/mol. The van der Waals surface area contributed by atoms with Gasteiger partial charge in [0.15, 0.2) is 0 Å². The lowest BCUT2D eigenvalue weighted by Crippen LogP contribution is -2.45. The predicted molar refractivity (Wildman–Crippen MR) is 113 cm³/mol. The molecule has 0 aromatic heterocycles. The molecule has 1 heterocycles. The van der Waals surface area contributed by atoms with E-state index in [1.54, 1.807) is 42.5 Å². The number of methoxy groups -OCH3 is 1. The molecule has 168 valence electrons. The van der Waals surface area contributed by atoms with Gasteiger partial charge >= 0.3 is 11.9 Å². The van der Waals surface area contributed by atoms with Crippen LogP contribution in [0.4, 0.5) is 0 Å². The number of amides is 2. The highest BCUT2D eigenvalue weighted by molar-refractivity contribution is 6.01. The van der Waals surface area contributed by atoms with E-state index in [1.165, 1.54) is 12.0 Å². The van der Waals surface area contributed by atoms with Crippen LogP contribution in [0.3, 0.4) is 0 Å². The van der Waals surface area contributed by atoms with Crippen molar-refractivity contribution in [3.8, 4) is 5.75 Å². The summed E-state index contributed by atoms with van der Waals surface area (Å²) in [6, 6.07) is 11.2. The molecular weight excluding hydrogens is 416 g/mol. The van der Waals surface area contributed by atoms with Crippen molar-refractivity contribution in [3.05, 3.63) is 64.7 Å². The molecule has 32 heavy (non-hydrogen) atoms. The quantitative estimate of drug-likeness (QED) is 0.536. The molecule has 0 bridgehead atoms. The van der Waals surface area contributed by atoms with Gasteiger partial charge in [-0.05, 0) is 29.7 Å². The molecule has 0 aliphatic carbocycles. The van der Waals surface area contributed by atoms with Crippen LogP contribution in [-0.2, 0) is 38.7 Å². The Morgan fingerprint density at radius 2 is 1.81 bits per heavy atom. The second kappa shape index (κ2) is 9.95. The number of hydrogen-bond acceptors (Lipinski definition) is 6. The average Bonchev–Trinajstić information content (AvgIpc) is 3.09. The van der Waals surface area contributed by atoms with E-state index in [1.807, 2.05) is 0 Å². The Kier molecular flexibility index (Phi) is 7.09. The van der Waals surface area contributed by atoms with Gasteiger partial charge in [0.25, 0.3) is 5.91 Å². The van der Waals surface area contributed by atoms with Crippen LogP contribution in [0, 0.1) is 0 Å². The van der Waals surface area contributed by atoms with E-state index in [2.05, 4.69) is 4.74 Å². The standard InChI is InChI=1S/C23H24N2O7/c1-31-21(28)10-9-18(22(24)29)25-12-17-16(23(25)30)3-2-4-19(17)32-13-15-7-5-14(6-8-15)11-20(26)27/h2-8,18H,9-13H2,1H3,(H2,24,29)(H,26,27). The van der Waals surface area contributed by atoms with Crippen LogP contribution in [0.5, 0.6) is 5.75 Å². The Bertz CT molecular complexity index is 1030. The van der Waals surface area contributed by atoms with Crippen LogP contribution in [0.25, 0.3) is 0 Å². The topological polar surface area (TPSA) is 136 Å². The van der Waals surface area contributed by atoms with Crippen LogP contribution in [-0.4, -0.2) is 46.9 Å². The van der Waals surface area contributed by atoms with Crippen molar-refractivity contribution >= 4 is 23.8 Å². The molecule has 3 N–H and O–H groups in total. The zero-order chi connectivity index (χ0) is 23.3. The van der Waals surface area contributed by atoms with Gasteiger partial charge < -0.3 is 25.2 Å². The van der Waals surface area contributed by atoms with E-state index in [0.29, 0.717) is 22.4 Å². The molecular formula is C23H24N2O7. The van der Waals surface area contributed by atoms with E-state index in [0.717, 1.165) is 5.56 Å². The first-order valence-corrected chi connectivity index (χ1v) is 10.0. The first kappa shape index (κ1) is 22.8. The lowest BCUT2D eigenvalue weighted by molar-refractivity contribution is -0.141. The fraction of sp³-hybridized carbons (Fsp3) is 0.304. The lowest BCUT2D eigenvalue weighted by Gasteiger charge is -2.24. The molecule has 1 aliphatic rings. The number of aliphatic carboxylic acids is 1. The fourth-order valence-electron chi connectivity index (χ4n) is 3.61. The number of nitrogens with zero attached hydrogens (tertiary/aromatic N) is 1. The minimum atomic E-state index is -0.941. The second-order valence-corrected chi connectivity index (χ2v) is 7.42. The number of nitrogens with two attached hydrogens (primary N) is 1. The summed E-state index contributed by atoms with van der Waals surface area (Å²) in [4.78, 5) is 48.5. The maximum absolute atomic E-state index is 12.9. The van der Waals surface area contributed by atoms with Crippen LogP contribution >= 0.6 is 0 Å². The smallest absolute Gasteiger partial charge is 0.307 e. The molecule has 9 nitrogen and oxygen atoms in total.